The van der Waals surface area contributed by atoms with Crippen molar-refractivity contribution in [3.63, 3.8) is 0 Å². The maximum atomic E-state index is 13.3. The van der Waals surface area contributed by atoms with E-state index < -0.39 is 6.04 Å². The van der Waals surface area contributed by atoms with Gasteiger partial charge in [0.15, 0.2) is 0 Å². The summed E-state index contributed by atoms with van der Waals surface area (Å²) in [6.07, 6.45) is 0. The summed E-state index contributed by atoms with van der Waals surface area (Å²) in [5.74, 6) is -0.824. The number of nitrogens with zero attached hydrogens (tertiary/aromatic N) is 2. The molecule has 32 heavy (non-hydrogen) atoms. The smallest absolute Gasteiger partial charge is 0.255 e. The van der Waals surface area contributed by atoms with Crippen molar-refractivity contribution in [2.75, 3.05) is 19.6 Å². The number of hydrogen-bond donors (Lipinski definition) is 1. The Hall–Kier alpha value is -2.57. The summed E-state index contributed by atoms with van der Waals surface area (Å²) >= 11 is 12.3. The van der Waals surface area contributed by atoms with Crippen molar-refractivity contribution >= 4 is 40.9 Å². The van der Waals surface area contributed by atoms with Gasteiger partial charge in [0.05, 0.1) is 21.2 Å². The molecule has 1 heterocycles. The van der Waals surface area contributed by atoms with Gasteiger partial charge in [0.1, 0.15) is 6.04 Å². The van der Waals surface area contributed by atoms with Crippen molar-refractivity contribution in [2.45, 2.75) is 32.9 Å². The molecule has 0 aromatic heterocycles. The zero-order valence-corrected chi connectivity index (χ0v) is 19.9. The molecule has 0 spiro atoms. The quantitative estimate of drug-likeness (QED) is 0.706. The van der Waals surface area contributed by atoms with E-state index in [-0.39, 0.29) is 29.7 Å². The average molecular weight is 476 g/mol. The minimum absolute atomic E-state index is 0.118. The zero-order chi connectivity index (χ0) is 23.4. The second-order valence-corrected chi connectivity index (χ2v) is 9.10. The van der Waals surface area contributed by atoms with E-state index in [1.54, 1.807) is 58.3 Å². The molecule has 0 radical (unpaired) electrons. The van der Waals surface area contributed by atoms with Crippen LogP contribution in [0.4, 0.5) is 0 Å². The van der Waals surface area contributed by atoms with Crippen LogP contribution in [0.2, 0.25) is 10.0 Å². The molecule has 2 atom stereocenters. The van der Waals surface area contributed by atoms with Crippen molar-refractivity contribution in [3.05, 3.63) is 69.7 Å². The average Bonchev–Trinajstić information content (AvgIpc) is 2.76. The molecule has 1 saturated heterocycles. The summed E-state index contributed by atoms with van der Waals surface area (Å²) in [6, 6.07) is 12.8. The summed E-state index contributed by atoms with van der Waals surface area (Å²) in [4.78, 5) is 42.4. The van der Waals surface area contributed by atoms with Crippen LogP contribution in [0.15, 0.2) is 48.5 Å². The summed E-state index contributed by atoms with van der Waals surface area (Å²) in [5, 5.41) is 3.58. The van der Waals surface area contributed by atoms with E-state index in [9.17, 15) is 14.4 Å². The number of rotatable bonds is 5. The van der Waals surface area contributed by atoms with Gasteiger partial charge >= 0.3 is 0 Å². The highest BCUT2D eigenvalue weighted by atomic mass is 35.5. The van der Waals surface area contributed by atoms with Crippen molar-refractivity contribution in [1.29, 1.82) is 0 Å². The fourth-order valence-corrected chi connectivity index (χ4v) is 4.26. The van der Waals surface area contributed by atoms with Gasteiger partial charge in [-0.1, -0.05) is 61.3 Å². The van der Waals surface area contributed by atoms with Crippen LogP contribution in [0.1, 0.15) is 41.5 Å². The first-order chi connectivity index (χ1) is 15.2. The molecule has 2 unspecified atom stereocenters. The highest BCUT2D eigenvalue weighted by molar-refractivity contribution is 6.34. The van der Waals surface area contributed by atoms with Gasteiger partial charge in [0.2, 0.25) is 5.91 Å². The molecule has 0 saturated carbocycles. The third kappa shape index (κ3) is 5.25. The van der Waals surface area contributed by atoms with Crippen LogP contribution >= 0.6 is 23.2 Å². The minimum Gasteiger partial charge on any atom is -0.340 e. The van der Waals surface area contributed by atoms with E-state index in [1.165, 1.54) is 0 Å². The molecule has 3 amide bonds. The molecule has 2 aromatic rings. The number of benzene rings is 2. The molecule has 2 aromatic carbocycles. The first kappa shape index (κ1) is 24.1. The highest BCUT2D eigenvalue weighted by Crippen LogP contribution is 2.21. The first-order valence-electron chi connectivity index (χ1n) is 10.6. The molecule has 6 nitrogen and oxygen atoms in total. The van der Waals surface area contributed by atoms with Gasteiger partial charge in [-0.3, -0.25) is 14.4 Å². The third-order valence-electron chi connectivity index (χ3n) is 5.64. The second-order valence-electron chi connectivity index (χ2n) is 8.29. The zero-order valence-electron chi connectivity index (χ0n) is 18.3. The minimum atomic E-state index is -0.697. The summed E-state index contributed by atoms with van der Waals surface area (Å²) in [7, 11) is 0. The number of nitrogens with one attached hydrogen (secondary N) is 1. The van der Waals surface area contributed by atoms with Crippen molar-refractivity contribution in [3.8, 4) is 0 Å². The van der Waals surface area contributed by atoms with Crippen LogP contribution in [0, 0.1) is 5.92 Å². The number of piperazine rings is 1. The molecule has 0 bridgehead atoms. The van der Waals surface area contributed by atoms with E-state index in [1.807, 2.05) is 20.8 Å². The maximum absolute atomic E-state index is 13.3. The van der Waals surface area contributed by atoms with Crippen LogP contribution in [-0.2, 0) is 4.79 Å². The third-order valence-corrected chi connectivity index (χ3v) is 6.30. The Kier molecular flexibility index (Phi) is 7.80. The summed E-state index contributed by atoms with van der Waals surface area (Å²) in [5.41, 5.74) is 0.781. The van der Waals surface area contributed by atoms with Crippen LogP contribution in [0.3, 0.4) is 0 Å². The van der Waals surface area contributed by atoms with Gasteiger partial charge in [-0.25, -0.2) is 0 Å². The molecule has 170 valence electrons. The molecule has 1 N–H and O–H groups in total. The monoisotopic (exact) mass is 475 g/mol. The van der Waals surface area contributed by atoms with E-state index in [2.05, 4.69) is 5.32 Å². The molecule has 1 fully saturated rings. The number of halogens is 2. The van der Waals surface area contributed by atoms with E-state index >= 15 is 0 Å². The van der Waals surface area contributed by atoms with Gasteiger partial charge < -0.3 is 15.1 Å². The Balaban J connectivity index is 1.69. The topological polar surface area (TPSA) is 69.7 Å². The molecule has 1 aliphatic heterocycles. The van der Waals surface area contributed by atoms with Crippen LogP contribution in [0.25, 0.3) is 0 Å². The normalized spacial score (nSPS) is 17.2. The van der Waals surface area contributed by atoms with Crippen LogP contribution in [-0.4, -0.2) is 59.2 Å². The Labute approximate surface area is 198 Å². The van der Waals surface area contributed by atoms with Crippen LogP contribution in [0.5, 0.6) is 0 Å². The fraction of sp³-hybridized carbons (Fsp3) is 0.375. The molecule has 1 aliphatic rings. The van der Waals surface area contributed by atoms with Crippen LogP contribution < -0.4 is 5.32 Å². The Morgan fingerprint density at radius 2 is 1.50 bits per heavy atom. The lowest BCUT2D eigenvalue weighted by atomic mass is 10.0. The lowest BCUT2D eigenvalue weighted by molar-refractivity contribution is -0.136. The lowest BCUT2D eigenvalue weighted by Crippen LogP contribution is -2.60. The highest BCUT2D eigenvalue weighted by Gasteiger charge is 2.35. The Morgan fingerprint density at radius 1 is 0.938 bits per heavy atom. The second kappa shape index (κ2) is 10.4. The number of hydrogen-bond acceptors (Lipinski definition) is 3. The Morgan fingerprint density at radius 3 is 2.03 bits per heavy atom. The maximum Gasteiger partial charge on any atom is 0.255 e. The molecular formula is C24H27Cl2N3O3. The predicted molar refractivity (Wildman–Crippen MR) is 126 cm³/mol. The number of carbonyl (C=O) groups excluding carboxylic acids is 3. The van der Waals surface area contributed by atoms with E-state index in [0.717, 1.165) is 0 Å². The molecule has 8 heteroatoms. The lowest BCUT2D eigenvalue weighted by Gasteiger charge is -2.41. The standard InChI is InChI=1S/C24H27Cl2N3O3/c1-15(2)21(27-22(30)17-8-4-6-10-19(17)25)24(32)28-12-13-29(16(3)14-28)23(31)18-9-5-7-11-20(18)26/h4-11,15-16,21H,12-14H2,1-3H3,(H,27,30). The number of carbonyl (C=O) groups is 3. The van der Waals surface area contributed by atoms with E-state index in [4.69, 9.17) is 23.2 Å². The first-order valence-corrected chi connectivity index (χ1v) is 11.4. The SMILES string of the molecule is CC(C)C(NC(=O)c1ccccc1Cl)C(=O)N1CCN(C(=O)c2ccccc2Cl)C(C)C1. The fourth-order valence-electron chi connectivity index (χ4n) is 3.82. The summed E-state index contributed by atoms with van der Waals surface area (Å²) in [6.45, 7) is 6.82. The van der Waals surface area contributed by atoms with Gasteiger partial charge in [-0.05, 0) is 37.1 Å². The van der Waals surface area contributed by atoms with E-state index in [0.29, 0.717) is 40.8 Å². The van der Waals surface area contributed by atoms with Crippen molar-refractivity contribution in [2.24, 2.45) is 5.92 Å². The van der Waals surface area contributed by atoms with Gasteiger partial charge in [-0.2, -0.15) is 0 Å². The number of amides is 3. The Bertz CT molecular complexity index is 1010. The van der Waals surface area contributed by atoms with Crippen molar-refractivity contribution in [1.82, 2.24) is 15.1 Å². The summed E-state index contributed by atoms with van der Waals surface area (Å²) < 4.78 is 0. The molecular weight excluding hydrogens is 449 g/mol. The van der Waals surface area contributed by atoms with Gasteiger partial charge in [-0.15, -0.1) is 0 Å². The largest absolute Gasteiger partial charge is 0.340 e. The molecule has 0 aliphatic carbocycles. The van der Waals surface area contributed by atoms with Gasteiger partial charge in [0, 0.05) is 25.7 Å². The van der Waals surface area contributed by atoms with Crippen molar-refractivity contribution < 1.29 is 14.4 Å². The van der Waals surface area contributed by atoms with Gasteiger partial charge in [0.25, 0.3) is 11.8 Å². The predicted octanol–water partition coefficient (Wildman–Crippen LogP) is 4.12. The molecule has 3 rings (SSSR count).